The monoisotopic (exact) mass is 332 g/mol. The second-order valence-electron chi connectivity index (χ2n) is 8.01. The molecule has 2 aliphatic carbocycles. The number of benzene rings is 1. The Labute approximate surface area is 146 Å². The fraction of sp³-hybridized carbons (Fsp3) is 0.714. The zero-order valence-corrected chi connectivity index (χ0v) is 15.7. The van der Waals surface area contributed by atoms with Crippen molar-refractivity contribution in [1.29, 1.82) is 0 Å². The van der Waals surface area contributed by atoms with Crippen molar-refractivity contribution in [2.45, 2.75) is 63.9 Å². The third-order valence-corrected chi connectivity index (χ3v) is 6.19. The maximum Gasteiger partial charge on any atom is 0.205 e. The minimum absolute atomic E-state index is 0.265. The SMILES string of the molecule is COC1(OC)CC1(O[C@@H]1C[C@H](C)CC[C@H]1C(C)C)c1ccccc1. The molecular weight excluding hydrogens is 300 g/mol. The zero-order chi connectivity index (χ0) is 17.4. The van der Waals surface area contributed by atoms with E-state index >= 15 is 0 Å². The predicted octanol–water partition coefficient (Wildman–Crippen LogP) is 4.75. The summed E-state index contributed by atoms with van der Waals surface area (Å²) >= 11 is 0. The average Bonchev–Trinajstić information content (AvgIpc) is 3.25. The van der Waals surface area contributed by atoms with Gasteiger partial charge in [0, 0.05) is 20.6 Å². The molecule has 3 nitrogen and oxygen atoms in total. The van der Waals surface area contributed by atoms with Crippen LogP contribution in [0, 0.1) is 17.8 Å². The molecule has 2 saturated carbocycles. The molecule has 0 amide bonds. The summed E-state index contributed by atoms with van der Waals surface area (Å²) in [4.78, 5) is 0. The largest absolute Gasteiger partial charge is 0.361 e. The van der Waals surface area contributed by atoms with Crippen molar-refractivity contribution in [1.82, 2.24) is 0 Å². The lowest BCUT2D eigenvalue weighted by Crippen LogP contribution is -2.40. The van der Waals surface area contributed by atoms with E-state index in [4.69, 9.17) is 14.2 Å². The van der Waals surface area contributed by atoms with Gasteiger partial charge in [0.25, 0.3) is 0 Å². The van der Waals surface area contributed by atoms with Gasteiger partial charge in [0.15, 0.2) is 5.60 Å². The Morgan fingerprint density at radius 2 is 1.71 bits per heavy atom. The Hall–Kier alpha value is -0.900. The summed E-state index contributed by atoms with van der Waals surface area (Å²) in [6.07, 6.45) is 4.71. The van der Waals surface area contributed by atoms with Crippen molar-refractivity contribution in [3.05, 3.63) is 35.9 Å². The lowest BCUT2D eigenvalue weighted by Gasteiger charge is -2.40. The van der Waals surface area contributed by atoms with E-state index < -0.39 is 11.4 Å². The van der Waals surface area contributed by atoms with Gasteiger partial charge in [-0.1, -0.05) is 57.5 Å². The van der Waals surface area contributed by atoms with Crippen molar-refractivity contribution >= 4 is 0 Å². The topological polar surface area (TPSA) is 27.7 Å². The highest BCUT2D eigenvalue weighted by atomic mass is 16.7. The predicted molar refractivity (Wildman–Crippen MR) is 95.7 cm³/mol. The van der Waals surface area contributed by atoms with Gasteiger partial charge in [-0.3, -0.25) is 0 Å². The third-order valence-electron chi connectivity index (χ3n) is 6.19. The fourth-order valence-corrected chi connectivity index (χ4v) is 4.58. The quantitative estimate of drug-likeness (QED) is 0.704. The van der Waals surface area contributed by atoms with Crippen molar-refractivity contribution in [3.63, 3.8) is 0 Å². The van der Waals surface area contributed by atoms with E-state index in [1.807, 2.05) is 6.07 Å². The Balaban J connectivity index is 1.90. The summed E-state index contributed by atoms with van der Waals surface area (Å²) in [7, 11) is 3.45. The minimum Gasteiger partial charge on any atom is -0.361 e. The molecule has 3 rings (SSSR count). The highest BCUT2D eigenvalue weighted by Gasteiger charge is 2.73. The van der Waals surface area contributed by atoms with Crippen molar-refractivity contribution in [2.75, 3.05) is 14.2 Å². The molecule has 1 aromatic carbocycles. The molecule has 1 aromatic rings. The first-order valence-electron chi connectivity index (χ1n) is 9.31. The van der Waals surface area contributed by atoms with Crippen LogP contribution in [0.1, 0.15) is 52.0 Å². The van der Waals surface area contributed by atoms with Crippen LogP contribution < -0.4 is 0 Å². The standard InChI is InChI=1S/C21H32O3/c1-15(2)18-12-11-16(3)13-19(18)24-20(14-21(20,22-4)23-5)17-9-7-6-8-10-17/h6-10,15-16,18-19H,11-14H2,1-5H3/t16-,18+,19-,20?/m1/s1. The molecule has 134 valence electrons. The third kappa shape index (κ3) is 2.91. The van der Waals surface area contributed by atoms with Crippen LogP contribution in [0.4, 0.5) is 0 Å². The lowest BCUT2D eigenvalue weighted by molar-refractivity contribution is -0.213. The zero-order valence-electron chi connectivity index (χ0n) is 15.7. The second kappa shape index (κ2) is 6.78. The first kappa shape index (κ1) is 17.9. The molecule has 1 unspecified atom stereocenters. The number of hydrogen-bond donors (Lipinski definition) is 0. The molecule has 2 fully saturated rings. The molecule has 0 saturated heterocycles. The van der Waals surface area contributed by atoms with Gasteiger partial charge < -0.3 is 14.2 Å². The normalized spacial score (nSPS) is 35.2. The summed E-state index contributed by atoms with van der Waals surface area (Å²) in [6.45, 7) is 6.98. The van der Waals surface area contributed by atoms with Crippen LogP contribution >= 0.6 is 0 Å². The van der Waals surface area contributed by atoms with Gasteiger partial charge in [-0.2, -0.15) is 0 Å². The Bertz CT molecular complexity index is 537. The molecule has 4 atom stereocenters. The molecule has 2 aliphatic rings. The van der Waals surface area contributed by atoms with Crippen LogP contribution in [0.5, 0.6) is 0 Å². The van der Waals surface area contributed by atoms with Crippen LogP contribution in [-0.2, 0) is 19.8 Å². The molecule has 0 aromatic heterocycles. The Morgan fingerprint density at radius 1 is 1.04 bits per heavy atom. The Morgan fingerprint density at radius 3 is 2.25 bits per heavy atom. The Kier molecular flexibility index (Phi) is 5.06. The maximum atomic E-state index is 6.87. The van der Waals surface area contributed by atoms with Crippen molar-refractivity contribution in [3.8, 4) is 0 Å². The lowest BCUT2D eigenvalue weighted by atomic mass is 9.75. The minimum atomic E-state index is -0.656. The van der Waals surface area contributed by atoms with Crippen LogP contribution in [0.15, 0.2) is 30.3 Å². The first-order valence-corrected chi connectivity index (χ1v) is 9.31. The van der Waals surface area contributed by atoms with E-state index in [1.165, 1.54) is 12.8 Å². The van der Waals surface area contributed by atoms with E-state index in [0.29, 0.717) is 11.8 Å². The van der Waals surface area contributed by atoms with E-state index in [1.54, 1.807) is 14.2 Å². The van der Waals surface area contributed by atoms with Crippen LogP contribution in [-0.4, -0.2) is 26.1 Å². The number of ether oxygens (including phenoxy) is 3. The number of rotatable bonds is 6. The maximum absolute atomic E-state index is 6.87. The van der Waals surface area contributed by atoms with E-state index in [-0.39, 0.29) is 6.10 Å². The number of hydrogen-bond acceptors (Lipinski definition) is 3. The molecule has 0 heterocycles. The molecule has 0 N–H and O–H groups in total. The summed E-state index contributed by atoms with van der Waals surface area (Å²) in [6, 6.07) is 10.4. The van der Waals surface area contributed by atoms with Gasteiger partial charge in [0.05, 0.1) is 6.10 Å². The highest BCUT2D eigenvalue weighted by Crippen LogP contribution is 2.62. The number of methoxy groups -OCH3 is 2. The van der Waals surface area contributed by atoms with Crippen LogP contribution in [0.3, 0.4) is 0 Å². The molecule has 0 radical (unpaired) electrons. The highest BCUT2D eigenvalue weighted by molar-refractivity contribution is 5.34. The summed E-state index contributed by atoms with van der Waals surface area (Å²) in [5.41, 5.74) is 0.682. The molecule has 0 bridgehead atoms. The summed E-state index contributed by atoms with van der Waals surface area (Å²) in [5.74, 6) is 1.30. The second-order valence-corrected chi connectivity index (χ2v) is 8.01. The molecule has 3 heteroatoms. The van der Waals surface area contributed by atoms with Crippen LogP contribution in [0.25, 0.3) is 0 Å². The van der Waals surface area contributed by atoms with Gasteiger partial charge in [-0.25, -0.2) is 0 Å². The van der Waals surface area contributed by atoms with Crippen LogP contribution in [0.2, 0.25) is 0 Å². The van der Waals surface area contributed by atoms with Gasteiger partial charge in [-0.05, 0) is 36.2 Å². The average molecular weight is 332 g/mol. The van der Waals surface area contributed by atoms with Gasteiger partial charge in [0.1, 0.15) is 0 Å². The fourth-order valence-electron chi connectivity index (χ4n) is 4.58. The molecule has 0 spiro atoms. The van der Waals surface area contributed by atoms with Gasteiger partial charge >= 0.3 is 0 Å². The molecule has 24 heavy (non-hydrogen) atoms. The smallest absolute Gasteiger partial charge is 0.205 e. The van der Waals surface area contributed by atoms with Gasteiger partial charge in [0.2, 0.25) is 5.79 Å². The van der Waals surface area contributed by atoms with Crippen molar-refractivity contribution in [2.24, 2.45) is 17.8 Å². The summed E-state index contributed by atoms with van der Waals surface area (Å²) in [5, 5.41) is 0. The van der Waals surface area contributed by atoms with E-state index in [9.17, 15) is 0 Å². The van der Waals surface area contributed by atoms with Crippen molar-refractivity contribution < 1.29 is 14.2 Å². The summed E-state index contributed by atoms with van der Waals surface area (Å²) < 4.78 is 18.4. The van der Waals surface area contributed by atoms with E-state index in [2.05, 4.69) is 45.0 Å². The molecule has 0 aliphatic heterocycles. The van der Waals surface area contributed by atoms with E-state index in [0.717, 1.165) is 24.3 Å². The first-order chi connectivity index (χ1) is 11.5. The molecular formula is C21H32O3. The van der Waals surface area contributed by atoms with Gasteiger partial charge in [-0.15, -0.1) is 0 Å².